The Kier molecular flexibility index (Phi) is 5.60. The Bertz CT molecular complexity index is 560. The number of aliphatic carboxylic acids is 1. The molecule has 1 aromatic rings. The molecule has 116 valence electrons. The molecule has 0 aliphatic heterocycles. The fourth-order valence-electron chi connectivity index (χ4n) is 1.58. The predicted octanol–water partition coefficient (Wildman–Crippen LogP) is 3.33. The van der Waals surface area contributed by atoms with Gasteiger partial charge in [0, 0.05) is 3.57 Å². The van der Waals surface area contributed by atoms with Gasteiger partial charge in [0.1, 0.15) is 5.82 Å². The number of rotatable bonds is 5. The molecule has 0 spiro atoms. The molecule has 8 heteroatoms. The second kappa shape index (κ2) is 6.63. The van der Waals surface area contributed by atoms with Crippen molar-refractivity contribution in [2.45, 2.75) is 25.9 Å². The third kappa shape index (κ3) is 4.08. The van der Waals surface area contributed by atoms with Crippen LogP contribution in [0.1, 0.15) is 24.2 Å². The zero-order valence-electron chi connectivity index (χ0n) is 11.1. The average Bonchev–Trinajstić information content (AvgIpc) is 2.37. The number of esters is 1. The summed E-state index contributed by atoms with van der Waals surface area (Å²) in [5.74, 6) is -9.89. The van der Waals surface area contributed by atoms with Crippen LogP contribution < -0.4 is 0 Å². The molecule has 0 saturated heterocycles. The molecule has 1 aromatic carbocycles. The molecule has 0 saturated carbocycles. The lowest BCUT2D eigenvalue weighted by Crippen LogP contribution is -2.47. The average molecular weight is 416 g/mol. The van der Waals surface area contributed by atoms with Gasteiger partial charge in [-0.2, -0.15) is 8.78 Å². The standard InChI is InChI=1S/C13H12F3IO4/c1-6(2)10(13(15,16)12(19)20)21-11(18)8-5-7(17)3-4-9(8)14/h3-6,10H,1-2H3,(H,19,20). The maximum atomic E-state index is 13.5. The Morgan fingerprint density at radius 2 is 1.90 bits per heavy atom. The monoisotopic (exact) mass is 416 g/mol. The number of alkyl halides is 2. The van der Waals surface area contributed by atoms with Crippen molar-refractivity contribution in [3.05, 3.63) is 33.1 Å². The van der Waals surface area contributed by atoms with E-state index >= 15 is 0 Å². The first-order valence-electron chi connectivity index (χ1n) is 5.84. The fourth-order valence-corrected chi connectivity index (χ4v) is 2.07. The van der Waals surface area contributed by atoms with E-state index in [1.807, 2.05) is 22.6 Å². The first kappa shape index (κ1) is 17.7. The molecule has 0 aromatic heterocycles. The van der Waals surface area contributed by atoms with Crippen molar-refractivity contribution in [1.82, 2.24) is 0 Å². The number of carboxylic acids is 1. The van der Waals surface area contributed by atoms with Gasteiger partial charge in [-0.05, 0) is 46.7 Å². The van der Waals surface area contributed by atoms with Crippen LogP contribution in [0.2, 0.25) is 0 Å². The normalized spacial score (nSPS) is 13.1. The van der Waals surface area contributed by atoms with Crippen molar-refractivity contribution < 1.29 is 32.6 Å². The minimum Gasteiger partial charge on any atom is -0.477 e. The van der Waals surface area contributed by atoms with Crippen LogP contribution in [0.15, 0.2) is 18.2 Å². The Labute approximate surface area is 132 Å². The lowest BCUT2D eigenvalue weighted by atomic mass is 10.0. The largest absolute Gasteiger partial charge is 0.477 e. The number of hydrogen-bond donors (Lipinski definition) is 1. The Morgan fingerprint density at radius 3 is 2.38 bits per heavy atom. The summed E-state index contributed by atoms with van der Waals surface area (Å²) < 4.78 is 45.7. The molecule has 0 radical (unpaired) electrons. The van der Waals surface area contributed by atoms with Gasteiger partial charge in [0.15, 0.2) is 6.10 Å². The van der Waals surface area contributed by atoms with E-state index in [1.54, 1.807) is 0 Å². The minimum atomic E-state index is -4.26. The highest BCUT2D eigenvalue weighted by Gasteiger charge is 2.51. The second-order valence-electron chi connectivity index (χ2n) is 4.62. The van der Waals surface area contributed by atoms with E-state index in [-0.39, 0.29) is 0 Å². The Hall–Kier alpha value is -1.32. The molecule has 0 amide bonds. The molecule has 1 unspecified atom stereocenters. The number of benzene rings is 1. The smallest absolute Gasteiger partial charge is 0.378 e. The summed E-state index contributed by atoms with van der Waals surface area (Å²) in [4.78, 5) is 22.4. The molecular weight excluding hydrogens is 404 g/mol. The van der Waals surface area contributed by atoms with E-state index in [9.17, 15) is 22.8 Å². The van der Waals surface area contributed by atoms with Crippen LogP contribution in [0, 0.1) is 15.3 Å². The van der Waals surface area contributed by atoms with Gasteiger partial charge >= 0.3 is 17.9 Å². The number of halogens is 4. The van der Waals surface area contributed by atoms with Crippen LogP contribution in [0.3, 0.4) is 0 Å². The summed E-state index contributed by atoms with van der Waals surface area (Å²) in [5.41, 5.74) is -0.520. The summed E-state index contributed by atoms with van der Waals surface area (Å²) in [6.45, 7) is 2.56. The van der Waals surface area contributed by atoms with Crippen molar-refractivity contribution in [3.63, 3.8) is 0 Å². The predicted molar refractivity (Wildman–Crippen MR) is 75.7 cm³/mol. The SMILES string of the molecule is CC(C)C(OC(=O)c1cc(I)ccc1F)C(F)(F)C(=O)O. The van der Waals surface area contributed by atoms with Crippen molar-refractivity contribution in [2.75, 3.05) is 0 Å². The molecular formula is C13H12F3IO4. The topological polar surface area (TPSA) is 63.6 Å². The molecule has 0 bridgehead atoms. The molecule has 0 heterocycles. The second-order valence-corrected chi connectivity index (χ2v) is 5.87. The van der Waals surface area contributed by atoms with Gasteiger partial charge in [0.05, 0.1) is 5.56 Å². The highest BCUT2D eigenvalue weighted by molar-refractivity contribution is 14.1. The lowest BCUT2D eigenvalue weighted by Gasteiger charge is -2.26. The maximum absolute atomic E-state index is 13.5. The number of carbonyl (C=O) groups is 2. The molecule has 1 rings (SSSR count). The summed E-state index contributed by atoms with van der Waals surface area (Å²) in [7, 11) is 0. The third-order valence-electron chi connectivity index (χ3n) is 2.63. The van der Waals surface area contributed by atoms with Gasteiger partial charge in [-0.15, -0.1) is 0 Å². The van der Waals surface area contributed by atoms with Crippen molar-refractivity contribution in [1.29, 1.82) is 0 Å². The molecule has 1 N–H and O–H groups in total. The first-order valence-corrected chi connectivity index (χ1v) is 6.92. The Balaban J connectivity index is 3.08. The van der Waals surface area contributed by atoms with Crippen LogP contribution in [0.5, 0.6) is 0 Å². The zero-order chi connectivity index (χ0) is 16.4. The van der Waals surface area contributed by atoms with E-state index in [1.165, 1.54) is 19.9 Å². The zero-order valence-corrected chi connectivity index (χ0v) is 13.2. The van der Waals surface area contributed by atoms with Crippen LogP contribution in [0.25, 0.3) is 0 Å². The molecule has 4 nitrogen and oxygen atoms in total. The summed E-state index contributed by atoms with van der Waals surface area (Å²) >= 11 is 1.81. The number of carbonyl (C=O) groups excluding carboxylic acids is 1. The highest BCUT2D eigenvalue weighted by Crippen LogP contribution is 2.28. The summed E-state index contributed by atoms with van der Waals surface area (Å²) in [5, 5.41) is 8.53. The lowest BCUT2D eigenvalue weighted by molar-refractivity contribution is -0.187. The van der Waals surface area contributed by atoms with Gasteiger partial charge in [0.25, 0.3) is 0 Å². The Morgan fingerprint density at radius 1 is 1.33 bits per heavy atom. The molecule has 21 heavy (non-hydrogen) atoms. The van der Waals surface area contributed by atoms with E-state index in [4.69, 9.17) is 5.11 Å². The van der Waals surface area contributed by atoms with Gasteiger partial charge < -0.3 is 9.84 Å². The number of hydrogen-bond acceptors (Lipinski definition) is 3. The number of ether oxygens (including phenoxy) is 1. The maximum Gasteiger partial charge on any atom is 0.378 e. The van der Waals surface area contributed by atoms with Crippen LogP contribution in [-0.4, -0.2) is 29.1 Å². The molecule has 1 atom stereocenters. The van der Waals surface area contributed by atoms with E-state index in [0.717, 1.165) is 12.1 Å². The molecule has 0 aliphatic rings. The summed E-state index contributed by atoms with van der Waals surface area (Å²) in [6, 6.07) is 3.52. The van der Waals surface area contributed by atoms with Crippen LogP contribution >= 0.6 is 22.6 Å². The van der Waals surface area contributed by atoms with Gasteiger partial charge in [0.2, 0.25) is 0 Å². The fraction of sp³-hybridized carbons (Fsp3) is 0.385. The van der Waals surface area contributed by atoms with E-state index in [2.05, 4.69) is 4.74 Å². The summed E-state index contributed by atoms with van der Waals surface area (Å²) in [6.07, 6.45) is -2.19. The van der Waals surface area contributed by atoms with Crippen LogP contribution in [-0.2, 0) is 9.53 Å². The minimum absolute atomic E-state index is 0.507. The van der Waals surface area contributed by atoms with Crippen molar-refractivity contribution in [3.8, 4) is 0 Å². The highest BCUT2D eigenvalue weighted by atomic mass is 127. The first-order chi connectivity index (χ1) is 9.57. The van der Waals surface area contributed by atoms with Gasteiger partial charge in [-0.1, -0.05) is 13.8 Å². The van der Waals surface area contributed by atoms with Crippen LogP contribution in [0.4, 0.5) is 13.2 Å². The van der Waals surface area contributed by atoms with Gasteiger partial charge in [-0.3, -0.25) is 0 Å². The van der Waals surface area contributed by atoms with Crippen molar-refractivity contribution in [2.24, 2.45) is 5.92 Å². The van der Waals surface area contributed by atoms with Gasteiger partial charge in [-0.25, -0.2) is 14.0 Å². The van der Waals surface area contributed by atoms with Crippen molar-refractivity contribution >= 4 is 34.5 Å². The quantitative estimate of drug-likeness (QED) is 0.591. The molecule has 0 aliphatic carbocycles. The number of carboxylic acid groups (broad SMARTS) is 1. The van der Waals surface area contributed by atoms with E-state index in [0.29, 0.717) is 3.57 Å². The van der Waals surface area contributed by atoms with E-state index < -0.39 is 41.3 Å². The third-order valence-corrected chi connectivity index (χ3v) is 3.30. The molecule has 0 fully saturated rings.